The summed E-state index contributed by atoms with van der Waals surface area (Å²) in [7, 11) is 0. The Morgan fingerprint density at radius 3 is 2.74 bits per heavy atom. The summed E-state index contributed by atoms with van der Waals surface area (Å²) in [6, 6.07) is 12.2. The molecule has 118 valence electrons. The smallest absolute Gasteiger partial charge is 0.186 e. The average Bonchev–Trinajstić information content (AvgIpc) is 3.02. The number of anilines is 2. The zero-order valence-electron chi connectivity index (χ0n) is 13.0. The van der Waals surface area contributed by atoms with Crippen LogP contribution in [0.3, 0.4) is 0 Å². The van der Waals surface area contributed by atoms with Crippen LogP contribution in [0.5, 0.6) is 0 Å². The highest BCUT2D eigenvalue weighted by Crippen LogP contribution is 2.32. The maximum absolute atomic E-state index is 6.02. The first-order valence-electron chi connectivity index (χ1n) is 8.09. The first-order chi connectivity index (χ1) is 11.3. The van der Waals surface area contributed by atoms with E-state index in [0.717, 1.165) is 41.5 Å². The van der Waals surface area contributed by atoms with Gasteiger partial charge in [-0.25, -0.2) is 4.98 Å². The number of fused-ring (bicyclic) bond motifs is 1. The molecule has 0 atom stereocenters. The topological polar surface area (TPSA) is 55.0 Å². The molecule has 1 aromatic carbocycles. The monoisotopic (exact) mass is 324 g/mol. The van der Waals surface area contributed by atoms with Crippen LogP contribution in [-0.2, 0) is 6.42 Å². The summed E-state index contributed by atoms with van der Waals surface area (Å²) in [6.07, 6.45) is 5.17. The van der Waals surface area contributed by atoms with E-state index in [1.165, 1.54) is 17.5 Å². The highest BCUT2D eigenvalue weighted by Gasteiger charge is 2.22. The van der Waals surface area contributed by atoms with Gasteiger partial charge in [-0.1, -0.05) is 23.5 Å². The number of hydrogen-bond donors (Lipinski definition) is 1. The number of benzene rings is 1. The van der Waals surface area contributed by atoms with Crippen LogP contribution in [0, 0.1) is 5.92 Å². The van der Waals surface area contributed by atoms with Gasteiger partial charge < -0.3 is 10.6 Å². The minimum absolute atomic E-state index is 0.665. The number of piperidine rings is 1. The van der Waals surface area contributed by atoms with Crippen LogP contribution in [0.15, 0.2) is 42.6 Å². The van der Waals surface area contributed by atoms with E-state index in [2.05, 4.69) is 34.1 Å². The molecule has 0 aliphatic carbocycles. The van der Waals surface area contributed by atoms with Crippen molar-refractivity contribution in [1.82, 2.24) is 9.97 Å². The molecular formula is C18H20N4S. The van der Waals surface area contributed by atoms with Gasteiger partial charge in [-0.15, -0.1) is 0 Å². The predicted octanol–water partition coefficient (Wildman–Crippen LogP) is 3.73. The lowest BCUT2D eigenvalue weighted by Crippen LogP contribution is -2.34. The van der Waals surface area contributed by atoms with Gasteiger partial charge in [0, 0.05) is 19.3 Å². The van der Waals surface area contributed by atoms with E-state index in [0.29, 0.717) is 5.92 Å². The summed E-state index contributed by atoms with van der Waals surface area (Å²) >= 11 is 1.79. The van der Waals surface area contributed by atoms with Crippen molar-refractivity contribution in [2.45, 2.75) is 19.3 Å². The van der Waals surface area contributed by atoms with E-state index in [4.69, 9.17) is 10.7 Å². The number of nitrogens with zero attached hydrogens (tertiary/aromatic N) is 3. The van der Waals surface area contributed by atoms with Crippen LogP contribution in [0.4, 0.5) is 10.8 Å². The van der Waals surface area contributed by atoms with Gasteiger partial charge in [0.1, 0.15) is 0 Å². The molecule has 0 unspecified atom stereocenters. The second kappa shape index (κ2) is 6.16. The molecule has 3 aromatic rings. The van der Waals surface area contributed by atoms with Crippen molar-refractivity contribution < 1.29 is 0 Å². The predicted molar refractivity (Wildman–Crippen MR) is 96.9 cm³/mol. The molecule has 4 nitrogen and oxygen atoms in total. The fraction of sp³-hybridized carbons (Fsp3) is 0.333. The van der Waals surface area contributed by atoms with Crippen LogP contribution in [0.25, 0.3) is 10.2 Å². The Morgan fingerprint density at radius 1 is 1.13 bits per heavy atom. The Morgan fingerprint density at radius 2 is 1.96 bits per heavy atom. The number of nitrogens with two attached hydrogens (primary N) is 1. The van der Waals surface area contributed by atoms with Crippen molar-refractivity contribution in [2.75, 3.05) is 23.7 Å². The second-order valence-electron chi connectivity index (χ2n) is 6.14. The van der Waals surface area contributed by atoms with Crippen molar-refractivity contribution in [3.8, 4) is 0 Å². The molecule has 1 saturated heterocycles. The first kappa shape index (κ1) is 14.5. The Balaban J connectivity index is 1.41. The third-order valence-electron chi connectivity index (χ3n) is 4.58. The normalized spacial score (nSPS) is 16.1. The first-order valence-corrected chi connectivity index (χ1v) is 8.91. The Labute approximate surface area is 140 Å². The van der Waals surface area contributed by atoms with Crippen LogP contribution >= 0.6 is 11.3 Å². The zero-order valence-corrected chi connectivity index (χ0v) is 13.8. The quantitative estimate of drug-likeness (QED) is 0.797. The van der Waals surface area contributed by atoms with Crippen molar-refractivity contribution in [3.05, 3.63) is 48.3 Å². The van der Waals surface area contributed by atoms with Crippen LogP contribution < -0.4 is 10.6 Å². The number of pyridine rings is 1. The molecule has 2 N–H and O–H groups in total. The highest BCUT2D eigenvalue weighted by molar-refractivity contribution is 7.22. The van der Waals surface area contributed by atoms with Gasteiger partial charge in [-0.2, -0.15) is 0 Å². The third-order valence-corrected chi connectivity index (χ3v) is 5.67. The van der Waals surface area contributed by atoms with E-state index in [9.17, 15) is 0 Å². The zero-order chi connectivity index (χ0) is 15.6. The summed E-state index contributed by atoms with van der Waals surface area (Å²) in [5.41, 5.74) is 8.99. The summed E-state index contributed by atoms with van der Waals surface area (Å²) < 4.78 is 1.27. The lowest BCUT2D eigenvalue weighted by Gasteiger charge is -2.31. The van der Waals surface area contributed by atoms with Crippen molar-refractivity contribution >= 4 is 32.4 Å². The van der Waals surface area contributed by atoms with E-state index >= 15 is 0 Å². The number of nitrogen functional groups attached to an aromatic ring is 1. The van der Waals surface area contributed by atoms with Gasteiger partial charge in [0.15, 0.2) is 5.13 Å². The molecule has 0 spiro atoms. The molecule has 4 rings (SSSR count). The minimum atomic E-state index is 0.665. The maximum Gasteiger partial charge on any atom is 0.186 e. The Kier molecular flexibility index (Phi) is 3.87. The van der Waals surface area contributed by atoms with Gasteiger partial charge in [0.25, 0.3) is 0 Å². The molecule has 2 aromatic heterocycles. The lowest BCUT2D eigenvalue weighted by atomic mass is 9.92. The molecule has 3 heterocycles. The van der Waals surface area contributed by atoms with E-state index in [-0.39, 0.29) is 0 Å². The second-order valence-corrected chi connectivity index (χ2v) is 7.15. The summed E-state index contributed by atoms with van der Waals surface area (Å²) in [4.78, 5) is 11.6. The molecule has 1 fully saturated rings. The third kappa shape index (κ3) is 3.01. The summed E-state index contributed by atoms with van der Waals surface area (Å²) in [6.45, 7) is 2.13. The lowest BCUT2D eigenvalue weighted by molar-refractivity contribution is 0.401. The standard InChI is InChI=1S/C18H20N4S/c19-14-4-3-9-20-16(14)12-13-7-10-22(11-8-13)18-21-15-5-1-2-6-17(15)23-18/h1-6,9,13H,7-8,10-12,19H2. The average molecular weight is 324 g/mol. The van der Waals surface area contributed by atoms with Crippen LogP contribution in [0.2, 0.25) is 0 Å². The van der Waals surface area contributed by atoms with Gasteiger partial charge in [-0.05, 0) is 49.4 Å². The maximum atomic E-state index is 6.02. The minimum Gasteiger partial charge on any atom is -0.397 e. The fourth-order valence-corrected chi connectivity index (χ4v) is 4.24. The number of thiazole rings is 1. The van der Waals surface area contributed by atoms with Gasteiger partial charge >= 0.3 is 0 Å². The van der Waals surface area contributed by atoms with E-state index in [1.54, 1.807) is 11.3 Å². The number of para-hydroxylation sites is 1. The van der Waals surface area contributed by atoms with Crippen molar-refractivity contribution in [1.29, 1.82) is 0 Å². The van der Waals surface area contributed by atoms with Crippen molar-refractivity contribution in [2.24, 2.45) is 5.92 Å². The fourth-order valence-electron chi connectivity index (χ4n) is 3.22. The Bertz CT molecular complexity index is 772. The highest BCUT2D eigenvalue weighted by atomic mass is 32.1. The molecule has 1 aliphatic rings. The molecular weight excluding hydrogens is 304 g/mol. The molecule has 0 bridgehead atoms. The molecule has 5 heteroatoms. The number of aromatic nitrogens is 2. The Hall–Kier alpha value is -2.14. The molecule has 0 radical (unpaired) electrons. The largest absolute Gasteiger partial charge is 0.397 e. The molecule has 0 saturated carbocycles. The molecule has 23 heavy (non-hydrogen) atoms. The van der Waals surface area contributed by atoms with E-state index < -0.39 is 0 Å². The summed E-state index contributed by atoms with van der Waals surface area (Å²) in [5.74, 6) is 0.665. The summed E-state index contributed by atoms with van der Waals surface area (Å²) in [5, 5.41) is 1.15. The van der Waals surface area contributed by atoms with Crippen molar-refractivity contribution in [3.63, 3.8) is 0 Å². The van der Waals surface area contributed by atoms with Crippen LogP contribution in [-0.4, -0.2) is 23.1 Å². The molecule has 0 amide bonds. The molecule has 1 aliphatic heterocycles. The van der Waals surface area contributed by atoms with Gasteiger partial charge in [0.05, 0.1) is 21.6 Å². The van der Waals surface area contributed by atoms with Gasteiger partial charge in [0.2, 0.25) is 0 Å². The van der Waals surface area contributed by atoms with E-state index in [1.807, 2.05) is 18.3 Å². The van der Waals surface area contributed by atoms with Crippen LogP contribution in [0.1, 0.15) is 18.5 Å². The van der Waals surface area contributed by atoms with Gasteiger partial charge in [-0.3, -0.25) is 4.98 Å². The number of hydrogen-bond acceptors (Lipinski definition) is 5. The number of rotatable bonds is 3. The SMILES string of the molecule is Nc1cccnc1CC1CCN(c2nc3ccccc3s2)CC1.